The summed E-state index contributed by atoms with van der Waals surface area (Å²) in [4.78, 5) is 16.8. The van der Waals surface area contributed by atoms with E-state index in [4.69, 9.17) is 21.7 Å². The number of carbonyl (C=O) groups is 1. The van der Waals surface area contributed by atoms with Crippen LogP contribution in [0.2, 0.25) is 0 Å². The Balaban J connectivity index is 1.90. The van der Waals surface area contributed by atoms with E-state index in [1.54, 1.807) is 32.4 Å². The first-order valence-electron chi connectivity index (χ1n) is 7.40. The number of hydrogen-bond acceptors (Lipinski definition) is 6. The van der Waals surface area contributed by atoms with E-state index < -0.39 is 0 Å². The van der Waals surface area contributed by atoms with Crippen molar-refractivity contribution in [1.82, 2.24) is 9.80 Å². The largest absolute Gasteiger partial charge is 0.493 e. The van der Waals surface area contributed by atoms with Crippen molar-refractivity contribution >= 4 is 34.1 Å². The fourth-order valence-electron chi connectivity index (χ4n) is 2.30. The number of ketones is 1. The number of Topliss-reactive ketones (excluding diaryl/α,β-unsaturated/α-hetero) is 1. The Labute approximate surface area is 146 Å². The third kappa shape index (κ3) is 4.83. The summed E-state index contributed by atoms with van der Waals surface area (Å²) in [6, 6.07) is 5.21. The number of nitrogens with zero attached hydrogens (tertiary/aromatic N) is 2. The molecule has 1 aromatic carbocycles. The lowest BCUT2D eigenvalue weighted by Crippen LogP contribution is -2.45. The number of benzene rings is 1. The molecule has 0 radical (unpaired) electrons. The van der Waals surface area contributed by atoms with Gasteiger partial charge < -0.3 is 19.3 Å². The zero-order valence-electron chi connectivity index (χ0n) is 13.7. The third-order valence-electron chi connectivity index (χ3n) is 3.79. The maximum atomic E-state index is 12.3. The third-order valence-corrected chi connectivity index (χ3v) is 5.32. The van der Waals surface area contributed by atoms with Gasteiger partial charge in [-0.05, 0) is 25.2 Å². The predicted octanol–water partition coefficient (Wildman–Crippen LogP) is 2.15. The topological polar surface area (TPSA) is 42.0 Å². The van der Waals surface area contributed by atoms with Crippen LogP contribution in [-0.2, 0) is 0 Å². The van der Waals surface area contributed by atoms with Crippen LogP contribution in [-0.4, -0.2) is 73.1 Å². The van der Waals surface area contributed by atoms with Gasteiger partial charge in [-0.2, -0.15) is 0 Å². The molecule has 1 heterocycles. The Kier molecular flexibility index (Phi) is 6.68. The molecule has 0 bridgehead atoms. The summed E-state index contributed by atoms with van der Waals surface area (Å²) in [5, 5.41) is 0. The van der Waals surface area contributed by atoms with Gasteiger partial charge in [0, 0.05) is 31.7 Å². The van der Waals surface area contributed by atoms with Crippen LogP contribution in [0.4, 0.5) is 0 Å². The fourth-order valence-corrected chi connectivity index (χ4v) is 3.45. The molecule has 0 spiro atoms. The number of carbonyl (C=O) groups excluding carboxylic acids is 1. The molecule has 0 aromatic heterocycles. The van der Waals surface area contributed by atoms with Crippen molar-refractivity contribution in [2.75, 3.05) is 53.2 Å². The Bertz CT molecular complexity index is 572. The van der Waals surface area contributed by atoms with Gasteiger partial charge in [-0.25, -0.2) is 0 Å². The molecular weight excluding hydrogens is 332 g/mol. The van der Waals surface area contributed by atoms with Gasteiger partial charge in [-0.1, -0.05) is 24.0 Å². The molecule has 1 aliphatic rings. The smallest absolute Gasteiger partial charge is 0.173 e. The molecule has 7 heteroatoms. The highest BCUT2D eigenvalue weighted by molar-refractivity contribution is 8.23. The van der Waals surface area contributed by atoms with Crippen LogP contribution in [0.1, 0.15) is 10.4 Å². The summed E-state index contributed by atoms with van der Waals surface area (Å²) in [5.41, 5.74) is 0.608. The highest BCUT2D eigenvalue weighted by Gasteiger charge is 2.18. The Morgan fingerprint density at radius 2 is 1.83 bits per heavy atom. The van der Waals surface area contributed by atoms with Crippen LogP contribution in [0, 0.1) is 0 Å². The minimum Gasteiger partial charge on any atom is -0.493 e. The second kappa shape index (κ2) is 8.52. The van der Waals surface area contributed by atoms with Crippen molar-refractivity contribution < 1.29 is 14.3 Å². The SMILES string of the molecule is COc1ccc(C(=O)CSC(=S)N2CCN(C)CC2)cc1OC. The second-order valence-electron chi connectivity index (χ2n) is 5.34. The van der Waals surface area contributed by atoms with Gasteiger partial charge in [-0.15, -0.1) is 0 Å². The summed E-state index contributed by atoms with van der Waals surface area (Å²) < 4.78 is 11.2. The monoisotopic (exact) mass is 354 g/mol. The van der Waals surface area contributed by atoms with Gasteiger partial charge in [0.05, 0.1) is 20.0 Å². The summed E-state index contributed by atoms with van der Waals surface area (Å²) >= 11 is 6.87. The maximum Gasteiger partial charge on any atom is 0.173 e. The molecular formula is C16H22N2O3S2. The lowest BCUT2D eigenvalue weighted by atomic mass is 10.1. The Morgan fingerprint density at radius 3 is 2.43 bits per heavy atom. The number of ether oxygens (including phenoxy) is 2. The van der Waals surface area contributed by atoms with E-state index >= 15 is 0 Å². The van der Waals surface area contributed by atoms with E-state index in [1.807, 2.05) is 0 Å². The number of piperazine rings is 1. The van der Waals surface area contributed by atoms with Crippen molar-refractivity contribution in [2.24, 2.45) is 0 Å². The first-order chi connectivity index (χ1) is 11.0. The summed E-state index contributed by atoms with van der Waals surface area (Å²) in [6.07, 6.45) is 0. The average Bonchev–Trinajstić information content (AvgIpc) is 2.59. The number of thiocarbonyl (C=S) groups is 1. The van der Waals surface area contributed by atoms with Crippen molar-refractivity contribution in [3.05, 3.63) is 23.8 Å². The molecule has 1 saturated heterocycles. The fraction of sp³-hybridized carbons (Fsp3) is 0.500. The van der Waals surface area contributed by atoms with Gasteiger partial charge in [0.15, 0.2) is 17.3 Å². The predicted molar refractivity (Wildman–Crippen MR) is 98.0 cm³/mol. The van der Waals surface area contributed by atoms with E-state index in [-0.39, 0.29) is 5.78 Å². The van der Waals surface area contributed by atoms with E-state index in [0.29, 0.717) is 22.8 Å². The lowest BCUT2D eigenvalue weighted by molar-refractivity contribution is 0.102. The van der Waals surface area contributed by atoms with Crippen LogP contribution in [0.15, 0.2) is 18.2 Å². The number of rotatable bonds is 5. The zero-order valence-corrected chi connectivity index (χ0v) is 15.3. The Morgan fingerprint density at radius 1 is 1.17 bits per heavy atom. The maximum absolute atomic E-state index is 12.3. The number of hydrogen-bond donors (Lipinski definition) is 0. The number of methoxy groups -OCH3 is 2. The molecule has 5 nitrogen and oxygen atoms in total. The molecule has 0 aliphatic carbocycles. The van der Waals surface area contributed by atoms with Crippen LogP contribution >= 0.6 is 24.0 Å². The Hall–Kier alpha value is -1.31. The highest BCUT2D eigenvalue weighted by Crippen LogP contribution is 2.28. The molecule has 1 aromatic rings. The number of likely N-dealkylation sites (N-methyl/N-ethyl adjacent to an activating group) is 1. The van der Waals surface area contributed by atoms with E-state index in [2.05, 4.69) is 16.8 Å². The lowest BCUT2D eigenvalue weighted by Gasteiger charge is -2.33. The normalized spacial score (nSPS) is 15.3. The van der Waals surface area contributed by atoms with Crippen LogP contribution in [0.25, 0.3) is 0 Å². The first kappa shape index (κ1) is 18.0. The summed E-state index contributed by atoms with van der Waals surface area (Å²) in [5.74, 6) is 1.54. The van der Waals surface area contributed by atoms with Gasteiger partial charge in [0.25, 0.3) is 0 Å². The van der Waals surface area contributed by atoms with Crippen molar-refractivity contribution in [3.8, 4) is 11.5 Å². The van der Waals surface area contributed by atoms with Crippen LogP contribution < -0.4 is 9.47 Å². The molecule has 2 rings (SSSR count). The highest BCUT2D eigenvalue weighted by atomic mass is 32.2. The summed E-state index contributed by atoms with van der Waals surface area (Å²) in [6.45, 7) is 3.86. The minimum absolute atomic E-state index is 0.0347. The standard InChI is InChI=1S/C16H22N2O3S2/c1-17-6-8-18(9-7-17)16(22)23-11-13(19)12-4-5-14(20-2)15(10-12)21-3/h4-5,10H,6-9,11H2,1-3H3. The molecule has 126 valence electrons. The first-order valence-corrected chi connectivity index (χ1v) is 8.80. The molecule has 0 saturated carbocycles. The number of thioether (sulfide) groups is 1. The van der Waals surface area contributed by atoms with Crippen LogP contribution in [0.3, 0.4) is 0 Å². The van der Waals surface area contributed by atoms with Crippen LogP contribution in [0.5, 0.6) is 11.5 Å². The van der Waals surface area contributed by atoms with Gasteiger partial charge in [-0.3, -0.25) is 4.79 Å². The molecule has 0 amide bonds. The van der Waals surface area contributed by atoms with E-state index in [1.165, 1.54) is 11.8 Å². The van der Waals surface area contributed by atoms with E-state index in [0.717, 1.165) is 30.5 Å². The molecule has 0 N–H and O–H groups in total. The average molecular weight is 354 g/mol. The molecule has 0 unspecified atom stereocenters. The summed E-state index contributed by atoms with van der Waals surface area (Å²) in [7, 11) is 5.24. The second-order valence-corrected chi connectivity index (χ2v) is 6.95. The molecule has 1 fully saturated rings. The van der Waals surface area contributed by atoms with Gasteiger partial charge >= 0.3 is 0 Å². The van der Waals surface area contributed by atoms with E-state index in [9.17, 15) is 4.79 Å². The molecule has 1 aliphatic heterocycles. The molecule has 23 heavy (non-hydrogen) atoms. The van der Waals surface area contributed by atoms with Crippen molar-refractivity contribution in [2.45, 2.75) is 0 Å². The zero-order chi connectivity index (χ0) is 16.8. The van der Waals surface area contributed by atoms with Gasteiger partial charge in [0.2, 0.25) is 0 Å². The quantitative estimate of drug-likeness (QED) is 0.593. The minimum atomic E-state index is 0.0347. The van der Waals surface area contributed by atoms with Crippen molar-refractivity contribution in [1.29, 1.82) is 0 Å². The van der Waals surface area contributed by atoms with Crippen molar-refractivity contribution in [3.63, 3.8) is 0 Å². The molecule has 0 atom stereocenters. The van der Waals surface area contributed by atoms with Gasteiger partial charge in [0.1, 0.15) is 4.32 Å².